The molecule has 0 bridgehead atoms. The Labute approximate surface area is 136 Å². The van der Waals surface area contributed by atoms with Crippen molar-refractivity contribution in [1.29, 1.82) is 0 Å². The van der Waals surface area contributed by atoms with Crippen molar-refractivity contribution in [3.8, 4) is 0 Å². The van der Waals surface area contributed by atoms with Gasteiger partial charge in [0.1, 0.15) is 6.61 Å². The molecule has 5 rings (SSSR count). The van der Waals surface area contributed by atoms with Crippen LogP contribution >= 0.6 is 0 Å². The van der Waals surface area contributed by atoms with Gasteiger partial charge < -0.3 is 10.1 Å². The number of aryl methyl sites for hydroxylation is 1. The summed E-state index contributed by atoms with van der Waals surface area (Å²) in [5.74, 6) is 0.746. The second-order valence-electron chi connectivity index (χ2n) is 6.75. The summed E-state index contributed by atoms with van der Waals surface area (Å²) in [4.78, 5) is 4.85. The van der Waals surface area contributed by atoms with Crippen LogP contribution in [0.3, 0.4) is 0 Å². The van der Waals surface area contributed by atoms with Crippen molar-refractivity contribution in [2.24, 2.45) is 4.99 Å². The molecule has 3 heteroatoms. The van der Waals surface area contributed by atoms with Gasteiger partial charge in [0, 0.05) is 11.3 Å². The second-order valence-corrected chi connectivity index (χ2v) is 6.75. The van der Waals surface area contributed by atoms with Gasteiger partial charge in [0.05, 0.1) is 6.04 Å². The van der Waals surface area contributed by atoms with Crippen molar-refractivity contribution >= 4 is 11.7 Å². The lowest BCUT2D eigenvalue weighted by Gasteiger charge is -2.24. The number of hydrogen-bond acceptors (Lipinski definition) is 2. The van der Waals surface area contributed by atoms with E-state index in [1.807, 2.05) is 0 Å². The van der Waals surface area contributed by atoms with Gasteiger partial charge in [-0.2, -0.15) is 0 Å². The molecule has 3 nitrogen and oxygen atoms in total. The monoisotopic (exact) mass is 304 g/mol. The van der Waals surface area contributed by atoms with Gasteiger partial charge in [-0.05, 0) is 54.4 Å². The summed E-state index contributed by atoms with van der Waals surface area (Å²) >= 11 is 0. The molecule has 2 aromatic carbocycles. The van der Waals surface area contributed by atoms with Gasteiger partial charge in [-0.3, -0.25) is 0 Å². The van der Waals surface area contributed by atoms with E-state index in [0.717, 1.165) is 18.8 Å². The Morgan fingerprint density at radius 3 is 2.74 bits per heavy atom. The molecule has 1 atom stereocenters. The number of hydrogen-bond donors (Lipinski definition) is 1. The van der Waals surface area contributed by atoms with E-state index in [-0.39, 0.29) is 6.04 Å². The normalized spacial score (nSPS) is 23.8. The average molecular weight is 304 g/mol. The Bertz CT molecular complexity index is 792. The topological polar surface area (TPSA) is 33.6 Å². The van der Waals surface area contributed by atoms with Crippen LogP contribution < -0.4 is 5.32 Å². The molecule has 3 aliphatic rings. The van der Waals surface area contributed by atoms with E-state index in [9.17, 15) is 0 Å². The fourth-order valence-electron chi connectivity index (χ4n) is 3.83. The molecule has 23 heavy (non-hydrogen) atoms. The molecular formula is C20H20N2O. The number of rotatable bonds is 2. The van der Waals surface area contributed by atoms with Crippen molar-refractivity contribution < 1.29 is 4.74 Å². The highest BCUT2D eigenvalue weighted by atomic mass is 16.5. The van der Waals surface area contributed by atoms with Crippen molar-refractivity contribution in [2.45, 2.75) is 44.2 Å². The molecule has 0 amide bonds. The third-order valence-corrected chi connectivity index (χ3v) is 5.20. The summed E-state index contributed by atoms with van der Waals surface area (Å²) in [5, 5.41) is 3.41. The molecule has 1 aliphatic heterocycles. The quantitative estimate of drug-likeness (QED) is 0.883. The zero-order valence-electron chi connectivity index (χ0n) is 13.1. The van der Waals surface area contributed by atoms with Crippen molar-refractivity contribution in [3.05, 3.63) is 64.7 Å². The molecule has 2 aromatic rings. The van der Waals surface area contributed by atoms with Crippen LogP contribution in [0.2, 0.25) is 0 Å². The van der Waals surface area contributed by atoms with Gasteiger partial charge in [-0.15, -0.1) is 0 Å². The number of aliphatic imine (C=N–C) groups is 1. The first kappa shape index (κ1) is 13.2. The molecule has 1 fully saturated rings. The van der Waals surface area contributed by atoms with Crippen molar-refractivity contribution in [3.63, 3.8) is 0 Å². The Kier molecular flexibility index (Phi) is 2.93. The maximum absolute atomic E-state index is 5.94. The van der Waals surface area contributed by atoms with Crippen LogP contribution in [-0.4, -0.2) is 6.02 Å². The molecule has 2 aliphatic carbocycles. The minimum atomic E-state index is 0.224. The number of ether oxygens (including phenoxy) is 1. The summed E-state index contributed by atoms with van der Waals surface area (Å²) < 4.78 is 5.94. The molecule has 1 heterocycles. The lowest BCUT2D eigenvalue weighted by atomic mass is 10.0. The van der Waals surface area contributed by atoms with E-state index in [0.29, 0.717) is 12.6 Å². The van der Waals surface area contributed by atoms with Crippen LogP contribution in [0.25, 0.3) is 0 Å². The molecule has 1 N–H and O–H groups in total. The van der Waals surface area contributed by atoms with E-state index in [4.69, 9.17) is 9.73 Å². The highest BCUT2D eigenvalue weighted by Gasteiger charge is 2.29. The first-order valence-corrected chi connectivity index (χ1v) is 8.56. The molecule has 116 valence electrons. The van der Waals surface area contributed by atoms with Crippen LogP contribution in [0.4, 0.5) is 5.69 Å². The summed E-state index contributed by atoms with van der Waals surface area (Å²) in [6, 6.07) is 16.0. The number of fused-ring (bicyclic) bond motifs is 2. The van der Waals surface area contributed by atoms with Crippen LogP contribution in [0.15, 0.2) is 47.5 Å². The first-order valence-electron chi connectivity index (χ1n) is 8.56. The molecule has 0 spiro atoms. The third kappa shape index (κ3) is 2.31. The number of benzene rings is 2. The minimum absolute atomic E-state index is 0.224. The first-order chi connectivity index (χ1) is 11.4. The Balaban J connectivity index is 1.43. The van der Waals surface area contributed by atoms with Crippen LogP contribution in [0.1, 0.15) is 53.5 Å². The molecule has 0 saturated heterocycles. The zero-order chi connectivity index (χ0) is 15.2. The van der Waals surface area contributed by atoms with Gasteiger partial charge in [-0.1, -0.05) is 36.4 Å². The Morgan fingerprint density at radius 2 is 1.83 bits per heavy atom. The summed E-state index contributed by atoms with van der Waals surface area (Å²) in [6.07, 6.45) is 4.81. The van der Waals surface area contributed by atoms with Crippen LogP contribution in [0.5, 0.6) is 0 Å². The van der Waals surface area contributed by atoms with E-state index >= 15 is 0 Å². The molecular weight excluding hydrogens is 284 g/mol. The average Bonchev–Trinajstić information content (AvgIpc) is 3.36. The Morgan fingerprint density at radius 1 is 0.957 bits per heavy atom. The molecule has 0 unspecified atom stereocenters. The largest absolute Gasteiger partial charge is 0.460 e. The highest BCUT2D eigenvalue weighted by Crippen LogP contribution is 2.44. The SMILES string of the molecule is c1ccc2c(c1)CC[C@H]2N=C1Nc2cccc(C3CC3)c2CO1. The standard InChI is InChI=1S/C20H20N2O/c1-2-5-16-13(4-1)10-11-19(16)22-20-21-18-7-3-6-15(14-8-9-14)17(18)12-23-20/h1-7,14,19H,8-12H2,(H,21,22)/t19-/m1/s1. The smallest absolute Gasteiger partial charge is 0.290 e. The third-order valence-electron chi connectivity index (χ3n) is 5.20. The second kappa shape index (κ2) is 5.12. The van der Waals surface area contributed by atoms with E-state index in [2.05, 4.69) is 47.8 Å². The van der Waals surface area contributed by atoms with Gasteiger partial charge in [0.25, 0.3) is 6.02 Å². The van der Waals surface area contributed by atoms with Crippen LogP contribution in [0, 0.1) is 0 Å². The predicted octanol–water partition coefficient (Wildman–Crippen LogP) is 4.55. The maximum atomic E-state index is 5.94. The minimum Gasteiger partial charge on any atom is -0.460 e. The number of amidine groups is 1. The zero-order valence-corrected chi connectivity index (χ0v) is 13.1. The van der Waals surface area contributed by atoms with Gasteiger partial charge in [0.15, 0.2) is 0 Å². The van der Waals surface area contributed by atoms with E-state index < -0.39 is 0 Å². The fraction of sp³-hybridized carbons (Fsp3) is 0.350. The van der Waals surface area contributed by atoms with Gasteiger partial charge in [0.2, 0.25) is 0 Å². The lowest BCUT2D eigenvalue weighted by molar-refractivity contribution is 0.281. The van der Waals surface area contributed by atoms with Gasteiger partial charge >= 0.3 is 0 Å². The van der Waals surface area contributed by atoms with E-state index in [1.54, 1.807) is 0 Å². The lowest BCUT2D eigenvalue weighted by Crippen LogP contribution is -2.24. The van der Waals surface area contributed by atoms with Gasteiger partial charge in [-0.25, -0.2) is 4.99 Å². The molecule has 0 radical (unpaired) electrons. The highest BCUT2D eigenvalue weighted by molar-refractivity contribution is 5.92. The molecule has 0 aromatic heterocycles. The summed E-state index contributed by atoms with van der Waals surface area (Å²) in [7, 11) is 0. The number of nitrogens with zero attached hydrogens (tertiary/aromatic N) is 1. The number of nitrogens with one attached hydrogen (secondary N) is 1. The fourth-order valence-corrected chi connectivity index (χ4v) is 3.83. The predicted molar refractivity (Wildman–Crippen MR) is 91.8 cm³/mol. The maximum Gasteiger partial charge on any atom is 0.290 e. The Hall–Kier alpha value is -2.29. The van der Waals surface area contributed by atoms with Crippen molar-refractivity contribution in [2.75, 3.05) is 5.32 Å². The van der Waals surface area contributed by atoms with E-state index in [1.165, 1.54) is 40.8 Å². The number of anilines is 1. The summed E-state index contributed by atoms with van der Waals surface area (Å²) in [5.41, 5.74) is 6.73. The molecule has 1 saturated carbocycles. The summed E-state index contributed by atoms with van der Waals surface area (Å²) in [6.45, 7) is 0.641. The van der Waals surface area contributed by atoms with Crippen LogP contribution in [-0.2, 0) is 17.8 Å². The van der Waals surface area contributed by atoms with Crippen molar-refractivity contribution in [1.82, 2.24) is 0 Å².